The molecule has 0 bridgehead atoms. The number of hydrogen-bond acceptors (Lipinski definition) is 3. The van der Waals surface area contributed by atoms with Crippen LogP contribution in [0.4, 0.5) is 0 Å². The molecule has 1 fully saturated rings. The Labute approximate surface area is 142 Å². The average molecular weight is 318 g/mol. The monoisotopic (exact) mass is 317 g/mol. The lowest BCUT2D eigenvalue weighted by atomic mass is 9.86. The van der Waals surface area contributed by atoms with Gasteiger partial charge in [0, 0.05) is 38.3 Å². The average Bonchev–Trinajstić information content (AvgIpc) is 2.55. The first-order chi connectivity index (χ1) is 10.9. The van der Waals surface area contributed by atoms with Gasteiger partial charge in [-0.1, -0.05) is 58.9 Å². The second-order valence-corrected chi connectivity index (χ2v) is 7.82. The molecule has 2 rings (SSSR count). The molecule has 2 N–H and O–H groups in total. The van der Waals surface area contributed by atoms with Crippen LogP contribution in [0.25, 0.3) is 0 Å². The fourth-order valence-corrected chi connectivity index (χ4v) is 3.66. The molecule has 0 aromatic heterocycles. The first kappa shape index (κ1) is 18.4. The zero-order chi connectivity index (χ0) is 17.0. The highest BCUT2D eigenvalue weighted by molar-refractivity contribution is 5.29. The Morgan fingerprint density at radius 2 is 1.78 bits per heavy atom. The van der Waals surface area contributed by atoms with Gasteiger partial charge in [0.15, 0.2) is 0 Å². The maximum atomic E-state index is 6.19. The van der Waals surface area contributed by atoms with E-state index in [9.17, 15) is 0 Å². The van der Waals surface area contributed by atoms with Crippen molar-refractivity contribution in [1.29, 1.82) is 0 Å². The molecule has 2 atom stereocenters. The Hall–Kier alpha value is -0.900. The van der Waals surface area contributed by atoms with Gasteiger partial charge in [-0.15, -0.1) is 0 Å². The molecule has 0 spiro atoms. The first-order valence-corrected chi connectivity index (χ1v) is 9.19. The maximum absolute atomic E-state index is 6.19. The van der Waals surface area contributed by atoms with Crippen molar-refractivity contribution >= 4 is 0 Å². The van der Waals surface area contributed by atoms with Crippen molar-refractivity contribution in [2.75, 3.05) is 32.7 Å². The molecule has 0 saturated carbocycles. The van der Waals surface area contributed by atoms with E-state index in [0.717, 1.165) is 19.6 Å². The molecular weight excluding hydrogens is 282 g/mol. The summed E-state index contributed by atoms with van der Waals surface area (Å²) in [5.41, 5.74) is 9.15. The second-order valence-electron chi connectivity index (χ2n) is 7.82. The predicted molar refractivity (Wildman–Crippen MR) is 99.8 cm³/mol. The minimum atomic E-state index is 0.204. The number of rotatable bonds is 5. The number of benzene rings is 1. The third-order valence-corrected chi connectivity index (χ3v) is 5.32. The fraction of sp³-hybridized carbons (Fsp3) is 0.700. The molecular formula is C20H35N3. The van der Waals surface area contributed by atoms with E-state index in [1.807, 2.05) is 0 Å². The lowest BCUT2D eigenvalue weighted by molar-refractivity contribution is 0.0427. The largest absolute Gasteiger partial charge is 0.329 e. The number of nitrogens with two attached hydrogens (primary N) is 1. The zero-order valence-electron chi connectivity index (χ0n) is 15.7. The summed E-state index contributed by atoms with van der Waals surface area (Å²) in [5.74, 6) is 0. The van der Waals surface area contributed by atoms with E-state index < -0.39 is 0 Å². The summed E-state index contributed by atoms with van der Waals surface area (Å²) < 4.78 is 0. The van der Waals surface area contributed by atoms with Gasteiger partial charge in [0.2, 0.25) is 0 Å². The summed E-state index contributed by atoms with van der Waals surface area (Å²) in [5, 5.41) is 0. The smallest absolute Gasteiger partial charge is 0.0474 e. The van der Waals surface area contributed by atoms with Gasteiger partial charge in [0.1, 0.15) is 0 Å². The Bertz CT molecular complexity index is 475. The van der Waals surface area contributed by atoms with Gasteiger partial charge in [-0.2, -0.15) is 0 Å². The van der Waals surface area contributed by atoms with Crippen LogP contribution in [0, 0.1) is 0 Å². The third kappa shape index (κ3) is 4.34. The highest BCUT2D eigenvalue weighted by atomic mass is 15.3. The van der Waals surface area contributed by atoms with E-state index in [4.69, 9.17) is 5.73 Å². The number of likely N-dealkylation sites (N-methyl/N-ethyl adjacent to an activating group) is 1. The van der Waals surface area contributed by atoms with Crippen molar-refractivity contribution in [3.63, 3.8) is 0 Å². The van der Waals surface area contributed by atoms with E-state index >= 15 is 0 Å². The maximum Gasteiger partial charge on any atom is 0.0474 e. The van der Waals surface area contributed by atoms with Crippen LogP contribution in [0.2, 0.25) is 0 Å². The fourth-order valence-electron chi connectivity index (χ4n) is 3.66. The summed E-state index contributed by atoms with van der Waals surface area (Å²) in [6, 6.07) is 10.1. The van der Waals surface area contributed by atoms with E-state index in [-0.39, 0.29) is 5.41 Å². The number of piperazine rings is 1. The molecule has 0 amide bonds. The molecule has 1 aromatic carbocycles. The van der Waals surface area contributed by atoms with Crippen molar-refractivity contribution < 1.29 is 0 Å². The minimum Gasteiger partial charge on any atom is -0.329 e. The molecule has 0 radical (unpaired) electrons. The van der Waals surface area contributed by atoms with Crippen LogP contribution < -0.4 is 5.73 Å². The van der Waals surface area contributed by atoms with E-state index in [2.05, 4.69) is 68.7 Å². The summed E-state index contributed by atoms with van der Waals surface area (Å²) in [6.07, 6.45) is 1.19. The van der Waals surface area contributed by atoms with Gasteiger partial charge in [-0.05, 0) is 29.5 Å². The van der Waals surface area contributed by atoms with E-state index in [0.29, 0.717) is 18.6 Å². The Balaban J connectivity index is 2.18. The topological polar surface area (TPSA) is 32.5 Å². The van der Waals surface area contributed by atoms with Crippen LogP contribution in [0.3, 0.4) is 0 Å². The van der Waals surface area contributed by atoms with E-state index in [1.54, 1.807) is 0 Å². The van der Waals surface area contributed by atoms with Gasteiger partial charge in [0.05, 0.1) is 0 Å². The van der Waals surface area contributed by atoms with Crippen molar-refractivity contribution in [2.45, 2.75) is 58.5 Å². The zero-order valence-corrected chi connectivity index (χ0v) is 15.7. The molecule has 1 aliphatic heterocycles. The van der Waals surface area contributed by atoms with Crippen molar-refractivity contribution in [3.05, 3.63) is 35.4 Å². The highest BCUT2D eigenvalue weighted by Crippen LogP contribution is 2.28. The van der Waals surface area contributed by atoms with Crippen LogP contribution >= 0.6 is 0 Å². The van der Waals surface area contributed by atoms with Gasteiger partial charge in [-0.25, -0.2) is 0 Å². The third-order valence-electron chi connectivity index (χ3n) is 5.32. The van der Waals surface area contributed by atoms with Crippen LogP contribution in [-0.4, -0.2) is 48.6 Å². The highest BCUT2D eigenvalue weighted by Gasteiger charge is 2.30. The van der Waals surface area contributed by atoms with Gasteiger partial charge >= 0.3 is 0 Å². The second kappa shape index (κ2) is 7.78. The molecule has 23 heavy (non-hydrogen) atoms. The molecule has 3 heteroatoms. The van der Waals surface area contributed by atoms with Crippen LogP contribution in [0.5, 0.6) is 0 Å². The molecule has 1 aliphatic rings. The lowest BCUT2D eigenvalue weighted by Gasteiger charge is -2.45. The molecule has 1 aromatic rings. The van der Waals surface area contributed by atoms with Crippen molar-refractivity contribution in [3.8, 4) is 0 Å². The van der Waals surface area contributed by atoms with Crippen molar-refractivity contribution in [2.24, 2.45) is 5.73 Å². The van der Waals surface area contributed by atoms with Crippen LogP contribution in [0.15, 0.2) is 24.3 Å². The molecule has 1 heterocycles. The Kier molecular flexibility index (Phi) is 6.24. The van der Waals surface area contributed by atoms with Gasteiger partial charge < -0.3 is 10.6 Å². The normalized spacial score (nSPS) is 22.3. The molecule has 3 nitrogen and oxygen atoms in total. The molecule has 2 unspecified atom stereocenters. The summed E-state index contributed by atoms with van der Waals surface area (Å²) >= 11 is 0. The number of nitrogens with zero attached hydrogens (tertiary/aromatic N) is 2. The van der Waals surface area contributed by atoms with Gasteiger partial charge in [0.25, 0.3) is 0 Å². The SMILES string of the molecule is CCC1CN(CC)CCN1C(CN)c1ccc(C(C)(C)C)cc1. The minimum absolute atomic E-state index is 0.204. The summed E-state index contributed by atoms with van der Waals surface area (Å²) in [6.45, 7) is 16.6. The molecule has 130 valence electrons. The van der Waals surface area contributed by atoms with Crippen LogP contribution in [-0.2, 0) is 5.41 Å². The summed E-state index contributed by atoms with van der Waals surface area (Å²) in [7, 11) is 0. The first-order valence-electron chi connectivity index (χ1n) is 9.19. The lowest BCUT2D eigenvalue weighted by Crippen LogP contribution is -2.54. The molecule has 1 saturated heterocycles. The van der Waals surface area contributed by atoms with Crippen LogP contribution in [0.1, 0.15) is 58.2 Å². The quantitative estimate of drug-likeness (QED) is 0.903. The van der Waals surface area contributed by atoms with Crippen molar-refractivity contribution in [1.82, 2.24) is 9.80 Å². The van der Waals surface area contributed by atoms with Gasteiger partial charge in [-0.3, -0.25) is 4.90 Å². The standard InChI is InChI=1S/C20H35N3/c1-6-18-15-22(7-2)12-13-23(18)19(14-21)16-8-10-17(11-9-16)20(3,4)5/h8-11,18-19H,6-7,12-15,21H2,1-5H3. The summed E-state index contributed by atoms with van der Waals surface area (Å²) in [4.78, 5) is 5.19. The Morgan fingerprint density at radius 1 is 1.13 bits per heavy atom. The predicted octanol–water partition coefficient (Wildman–Crippen LogP) is 3.40. The number of hydrogen-bond donors (Lipinski definition) is 1. The molecule has 0 aliphatic carbocycles. The van der Waals surface area contributed by atoms with E-state index in [1.165, 1.54) is 24.1 Å². The Morgan fingerprint density at radius 3 is 2.26 bits per heavy atom.